The Bertz CT molecular complexity index is 1610. The standard InChI is InChI=1S/C23H18N4O2S3/c1-12-5-7-13(8-6-12)27-22(29)18-14-3-2-4-16(14)32-21(18)26-23(27)31-11-17-24-15-9-10-30-19(15)20(28)25-17/h5-10H,2-4,11H2,1H3,(H,24,25,28). The molecule has 0 aliphatic heterocycles. The van der Waals surface area contributed by atoms with E-state index in [1.54, 1.807) is 15.9 Å². The molecule has 32 heavy (non-hydrogen) atoms. The molecule has 0 fully saturated rings. The topological polar surface area (TPSA) is 80.6 Å². The molecule has 1 N–H and O–H groups in total. The number of rotatable bonds is 4. The third kappa shape index (κ3) is 3.23. The average molecular weight is 479 g/mol. The van der Waals surface area contributed by atoms with E-state index in [0.717, 1.165) is 40.7 Å². The van der Waals surface area contributed by atoms with Crippen LogP contribution in [0.15, 0.2) is 50.5 Å². The molecule has 4 heterocycles. The first-order chi connectivity index (χ1) is 15.6. The summed E-state index contributed by atoms with van der Waals surface area (Å²) in [7, 11) is 0. The summed E-state index contributed by atoms with van der Waals surface area (Å²) in [6.07, 6.45) is 3.06. The Morgan fingerprint density at radius 3 is 2.81 bits per heavy atom. The lowest BCUT2D eigenvalue weighted by Gasteiger charge is -2.12. The summed E-state index contributed by atoms with van der Waals surface area (Å²) in [6.45, 7) is 2.03. The third-order valence-corrected chi connectivity index (χ3v) is 8.74. The van der Waals surface area contributed by atoms with E-state index in [4.69, 9.17) is 4.98 Å². The zero-order chi connectivity index (χ0) is 21.8. The average Bonchev–Trinajstić information content (AvgIpc) is 3.49. The number of thiophene rings is 2. The second-order valence-electron chi connectivity index (χ2n) is 7.84. The Morgan fingerprint density at radius 1 is 1.12 bits per heavy atom. The van der Waals surface area contributed by atoms with Crippen LogP contribution < -0.4 is 11.1 Å². The van der Waals surface area contributed by atoms with Gasteiger partial charge in [-0.3, -0.25) is 14.2 Å². The predicted octanol–water partition coefficient (Wildman–Crippen LogP) is 4.83. The molecule has 5 aromatic rings. The number of H-pyrrole nitrogens is 1. The van der Waals surface area contributed by atoms with Gasteiger partial charge in [0.05, 0.1) is 22.3 Å². The molecule has 0 saturated carbocycles. The van der Waals surface area contributed by atoms with E-state index >= 15 is 0 Å². The molecule has 0 saturated heterocycles. The molecule has 4 aromatic heterocycles. The highest BCUT2D eigenvalue weighted by atomic mass is 32.2. The molecule has 0 radical (unpaired) electrons. The maximum Gasteiger partial charge on any atom is 0.268 e. The highest BCUT2D eigenvalue weighted by Crippen LogP contribution is 2.36. The van der Waals surface area contributed by atoms with Gasteiger partial charge >= 0.3 is 0 Å². The summed E-state index contributed by atoms with van der Waals surface area (Å²) in [6, 6.07) is 9.77. The maximum atomic E-state index is 13.7. The van der Waals surface area contributed by atoms with Gasteiger partial charge in [-0.1, -0.05) is 29.5 Å². The molecule has 1 aromatic carbocycles. The van der Waals surface area contributed by atoms with Crippen LogP contribution in [0.2, 0.25) is 0 Å². The number of nitrogens with zero attached hydrogens (tertiary/aromatic N) is 3. The molecule has 0 bridgehead atoms. The zero-order valence-electron chi connectivity index (χ0n) is 17.2. The van der Waals surface area contributed by atoms with Crippen molar-refractivity contribution in [1.29, 1.82) is 0 Å². The molecule has 0 spiro atoms. The predicted molar refractivity (Wildman–Crippen MR) is 132 cm³/mol. The van der Waals surface area contributed by atoms with Gasteiger partial charge in [0.2, 0.25) is 0 Å². The smallest absolute Gasteiger partial charge is 0.268 e. The van der Waals surface area contributed by atoms with E-state index < -0.39 is 0 Å². The van der Waals surface area contributed by atoms with E-state index in [-0.39, 0.29) is 11.1 Å². The lowest BCUT2D eigenvalue weighted by molar-refractivity contribution is 0.818. The van der Waals surface area contributed by atoms with Gasteiger partial charge in [-0.25, -0.2) is 9.97 Å². The van der Waals surface area contributed by atoms with Crippen LogP contribution in [0.1, 0.15) is 28.2 Å². The van der Waals surface area contributed by atoms with Crippen LogP contribution >= 0.6 is 34.4 Å². The molecule has 9 heteroatoms. The van der Waals surface area contributed by atoms with E-state index in [2.05, 4.69) is 9.97 Å². The highest BCUT2D eigenvalue weighted by Gasteiger charge is 2.24. The first-order valence-corrected chi connectivity index (χ1v) is 13.0. The van der Waals surface area contributed by atoms with Crippen LogP contribution in [0.25, 0.3) is 26.1 Å². The minimum absolute atomic E-state index is 0.0181. The van der Waals surface area contributed by atoms with E-state index in [0.29, 0.717) is 27.0 Å². The number of aromatic amines is 1. The van der Waals surface area contributed by atoms with Crippen LogP contribution in [0.3, 0.4) is 0 Å². The van der Waals surface area contributed by atoms with Gasteiger partial charge in [0.25, 0.3) is 11.1 Å². The van der Waals surface area contributed by atoms with Gasteiger partial charge < -0.3 is 4.98 Å². The fourth-order valence-electron chi connectivity index (χ4n) is 4.17. The summed E-state index contributed by atoms with van der Waals surface area (Å²) in [5.74, 6) is 0.986. The number of aromatic nitrogens is 4. The molecule has 0 atom stereocenters. The highest BCUT2D eigenvalue weighted by molar-refractivity contribution is 7.98. The van der Waals surface area contributed by atoms with Crippen LogP contribution in [0.4, 0.5) is 0 Å². The molecule has 6 rings (SSSR count). The van der Waals surface area contributed by atoms with Crippen molar-refractivity contribution in [1.82, 2.24) is 19.5 Å². The van der Waals surface area contributed by atoms with E-state index in [1.165, 1.54) is 33.5 Å². The number of aryl methyl sites for hydroxylation is 3. The van der Waals surface area contributed by atoms with Crippen LogP contribution in [0.5, 0.6) is 0 Å². The largest absolute Gasteiger partial charge is 0.309 e. The van der Waals surface area contributed by atoms with Gasteiger partial charge in [0.1, 0.15) is 15.4 Å². The lowest BCUT2D eigenvalue weighted by Crippen LogP contribution is -2.22. The number of hydrogen-bond acceptors (Lipinski definition) is 7. The Hall–Kier alpha value is -2.75. The number of hydrogen-bond donors (Lipinski definition) is 1. The Balaban J connectivity index is 1.48. The maximum absolute atomic E-state index is 13.7. The SMILES string of the molecule is Cc1ccc(-n2c(SCc3nc4ccsc4c(=O)[nH]3)nc3sc4c(c3c2=O)CCC4)cc1. The van der Waals surface area contributed by atoms with Crippen molar-refractivity contribution in [2.75, 3.05) is 0 Å². The van der Waals surface area contributed by atoms with Crippen molar-refractivity contribution < 1.29 is 0 Å². The minimum Gasteiger partial charge on any atom is -0.309 e. The number of benzene rings is 1. The molecule has 1 aliphatic carbocycles. The van der Waals surface area contributed by atoms with Crippen molar-refractivity contribution in [3.8, 4) is 5.69 Å². The third-order valence-electron chi connectivity index (χ3n) is 5.70. The Labute approximate surface area is 195 Å². The lowest BCUT2D eigenvalue weighted by atomic mass is 10.2. The molecule has 6 nitrogen and oxygen atoms in total. The van der Waals surface area contributed by atoms with Crippen molar-refractivity contribution in [3.63, 3.8) is 0 Å². The van der Waals surface area contributed by atoms with Crippen LogP contribution in [-0.2, 0) is 18.6 Å². The number of nitrogens with one attached hydrogen (secondary N) is 1. The summed E-state index contributed by atoms with van der Waals surface area (Å²) >= 11 is 4.44. The fraction of sp³-hybridized carbons (Fsp3) is 0.217. The molecular formula is C23H18N4O2S3. The molecule has 1 aliphatic rings. The normalized spacial score (nSPS) is 13.3. The number of fused-ring (bicyclic) bond motifs is 4. The van der Waals surface area contributed by atoms with Crippen molar-refractivity contribution in [2.45, 2.75) is 37.1 Å². The molecule has 0 amide bonds. The first-order valence-electron chi connectivity index (χ1n) is 10.3. The summed E-state index contributed by atoms with van der Waals surface area (Å²) in [4.78, 5) is 40.5. The summed E-state index contributed by atoms with van der Waals surface area (Å²) in [5.41, 5.74) is 3.65. The Morgan fingerprint density at radius 2 is 1.97 bits per heavy atom. The summed E-state index contributed by atoms with van der Waals surface area (Å²) < 4.78 is 2.34. The van der Waals surface area contributed by atoms with Crippen molar-refractivity contribution >= 4 is 54.9 Å². The van der Waals surface area contributed by atoms with Crippen molar-refractivity contribution in [3.05, 3.63) is 78.2 Å². The monoisotopic (exact) mass is 478 g/mol. The van der Waals surface area contributed by atoms with Crippen LogP contribution in [-0.4, -0.2) is 19.5 Å². The minimum atomic E-state index is -0.130. The molecule has 0 unspecified atom stereocenters. The van der Waals surface area contributed by atoms with Gasteiger partial charge in [-0.05, 0) is 55.3 Å². The van der Waals surface area contributed by atoms with Crippen molar-refractivity contribution in [2.24, 2.45) is 0 Å². The second kappa shape index (κ2) is 7.68. The zero-order valence-corrected chi connectivity index (χ0v) is 19.6. The van der Waals surface area contributed by atoms with Gasteiger partial charge in [0.15, 0.2) is 5.16 Å². The molecular weight excluding hydrogens is 460 g/mol. The molecule has 160 valence electrons. The van der Waals surface area contributed by atoms with Gasteiger partial charge in [-0.15, -0.1) is 22.7 Å². The quantitative estimate of drug-likeness (QED) is 0.295. The van der Waals surface area contributed by atoms with Gasteiger partial charge in [0, 0.05) is 4.88 Å². The first kappa shape index (κ1) is 19.9. The van der Waals surface area contributed by atoms with Gasteiger partial charge in [-0.2, -0.15) is 0 Å². The van der Waals surface area contributed by atoms with E-state index in [9.17, 15) is 9.59 Å². The second-order valence-corrected chi connectivity index (χ2v) is 10.8. The number of thioether (sulfide) groups is 1. The van der Waals surface area contributed by atoms with E-state index in [1.807, 2.05) is 42.6 Å². The fourth-order valence-corrected chi connectivity index (χ4v) is 7.08. The van der Waals surface area contributed by atoms with Crippen LogP contribution in [0, 0.1) is 6.92 Å². The Kier molecular flexibility index (Phi) is 4.78. The summed E-state index contributed by atoms with van der Waals surface area (Å²) in [5, 5.41) is 3.24.